The summed E-state index contributed by atoms with van der Waals surface area (Å²) >= 11 is 0. The zero-order valence-corrected chi connectivity index (χ0v) is 12.0. The molecule has 0 amide bonds. The highest BCUT2D eigenvalue weighted by molar-refractivity contribution is 4.94. The second-order valence-corrected chi connectivity index (χ2v) is 5.53. The zero-order valence-electron chi connectivity index (χ0n) is 12.0. The highest BCUT2D eigenvalue weighted by Gasteiger charge is 2.51. The number of hydrogen-bond donors (Lipinski definition) is 8. The molecule has 2 rings (SSSR count). The van der Waals surface area contributed by atoms with Crippen LogP contribution in [0, 0.1) is 0 Å². The van der Waals surface area contributed by atoms with Crippen molar-refractivity contribution in [3.63, 3.8) is 0 Å². The first-order chi connectivity index (χ1) is 10.8. The Kier molecular flexibility index (Phi) is 6.27. The van der Waals surface area contributed by atoms with Gasteiger partial charge >= 0.3 is 0 Å². The fraction of sp³-hybridized carbons (Fsp3) is 1.00. The molecule has 2 fully saturated rings. The minimum absolute atomic E-state index is 0.664. The van der Waals surface area contributed by atoms with Crippen molar-refractivity contribution in [2.45, 2.75) is 61.4 Å². The van der Waals surface area contributed by atoms with Crippen molar-refractivity contribution in [1.29, 1.82) is 0 Å². The van der Waals surface area contributed by atoms with Crippen LogP contribution in [0.2, 0.25) is 0 Å². The molecule has 10 atom stereocenters. The average Bonchev–Trinajstić information content (AvgIpc) is 2.82. The fourth-order valence-electron chi connectivity index (χ4n) is 2.58. The van der Waals surface area contributed by atoms with Crippen molar-refractivity contribution >= 4 is 0 Å². The van der Waals surface area contributed by atoms with E-state index in [0.717, 1.165) is 0 Å². The highest BCUT2D eigenvalue weighted by atomic mass is 16.7. The lowest BCUT2D eigenvalue weighted by molar-refractivity contribution is -0.324. The maximum Gasteiger partial charge on any atom is 0.187 e. The van der Waals surface area contributed by atoms with Gasteiger partial charge < -0.3 is 55.1 Å². The Hall–Kier alpha value is -0.440. The van der Waals surface area contributed by atoms with Gasteiger partial charge in [0.15, 0.2) is 12.6 Å². The van der Waals surface area contributed by atoms with E-state index in [9.17, 15) is 30.6 Å². The van der Waals surface area contributed by atoms with Crippen LogP contribution in [0.25, 0.3) is 0 Å². The first kappa shape index (κ1) is 18.9. The number of ether oxygens (including phenoxy) is 3. The second kappa shape index (κ2) is 7.63. The lowest BCUT2D eigenvalue weighted by Gasteiger charge is -2.40. The van der Waals surface area contributed by atoms with Crippen LogP contribution < -0.4 is 0 Å². The van der Waals surface area contributed by atoms with Crippen LogP contribution in [0.5, 0.6) is 0 Å². The van der Waals surface area contributed by atoms with E-state index >= 15 is 0 Å². The lowest BCUT2D eigenvalue weighted by Crippen LogP contribution is -2.60. The van der Waals surface area contributed by atoms with Gasteiger partial charge in [-0.05, 0) is 0 Å². The largest absolute Gasteiger partial charge is 0.394 e. The molecule has 0 bridgehead atoms. The Morgan fingerprint density at radius 3 is 2.09 bits per heavy atom. The van der Waals surface area contributed by atoms with Crippen molar-refractivity contribution < 1.29 is 55.1 Å². The summed E-state index contributed by atoms with van der Waals surface area (Å²) in [4.78, 5) is 0. The van der Waals surface area contributed by atoms with Crippen LogP contribution in [0.15, 0.2) is 0 Å². The lowest BCUT2D eigenvalue weighted by atomic mass is 9.99. The van der Waals surface area contributed by atoms with Crippen LogP contribution in [-0.4, -0.2) is 115 Å². The molecule has 0 aromatic heterocycles. The Bertz CT molecular complexity index is 380. The first-order valence-corrected chi connectivity index (χ1v) is 7.08. The fourth-order valence-corrected chi connectivity index (χ4v) is 2.58. The van der Waals surface area contributed by atoms with Gasteiger partial charge in [0.1, 0.15) is 48.8 Å². The molecule has 2 aliphatic rings. The van der Waals surface area contributed by atoms with Gasteiger partial charge in [-0.3, -0.25) is 0 Å². The first-order valence-electron chi connectivity index (χ1n) is 7.08. The van der Waals surface area contributed by atoms with Crippen LogP contribution >= 0.6 is 0 Å². The van der Waals surface area contributed by atoms with Crippen LogP contribution in [0.4, 0.5) is 0 Å². The minimum atomic E-state index is -1.71. The topological polar surface area (TPSA) is 190 Å². The molecule has 2 saturated heterocycles. The molecule has 23 heavy (non-hydrogen) atoms. The highest BCUT2D eigenvalue weighted by Crippen LogP contribution is 2.29. The number of rotatable bonds is 5. The minimum Gasteiger partial charge on any atom is -0.394 e. The molecule has 2 heterocycles. The SMILES string of the molecule is OC[C@@H](O)[C@@H]1OC(O)[C@H](OC2O[C@H](CO)[C@@H](O)[C@H](O)[C@H]2O)[C@H]1O. The normalized spacial score (nSPS) is 49.3. The van der Waals surface area contributed by atoms with E-state index in [1.165, 1.54) is 0 Å². The third-order valence-electron chi connectivity index (χ3n) is 3.96. The second-order valence-electron chi connectivity index (χ2n) is 5.53. The molecule has 0 saturated carbocycles. The molecule has 136 valence electrons. The zero-order chi connectivity index (χ0) is 17.3. The molecule has 11 heteroatoms. The van der Waals surface area contributed by atoms with E-state index < -0.39 is 74.6 Å². The van der Waals surface area contributed by atoms with Gasteiger partial charge in [0.25, 0.3) is 0 Å². The van der Waals surface area contributed by atoms with Crippen molar-refractivity contribution in [2.24, 2.45) is 0 Å². The summed E-state index contributed by atoms with van der Waals surface area (Å²) in [7, 11) is 0. The van der Waals surface area contributed by atoms with E-state index in [0.29, 0.717) is 0 Å². The van der Waals surface area contributed by atoms with E-state index in [1.54, 1.807) is 0 Å². The van der Waals surface area contributed by atoms with Crippen molar-refractivity contribution in [2.75, 3.05) is 13.2 Å². The van der Waals surface area contributed by atoms with Crippen LogP contribution in [0.3, 0.4) is 0 Å². The smallest absolute Gasteiger partial charge is 0.187 e. The maximum absolute atomic E-state index is 10.00. The standard InChI is InChI=1S/C12H22O11/c13-1-3(15)9-8(19)10(11(20)22-9)23-12-7(18)6(17)5(16)4(2-14)21-12/h3-20H,1-2H2/t3-,4-,5-,6+,7-,8+,9+,10-,11?,12?/m1/s1. The van der Waals surface area contributed by atoms with Gasteiger partial charge in [-0.2, -0.15) is 0 Å². The maximum atomic E-state index is 10.00. The summed E-state index contributed by atoms with van der Waals surface area (Å²) < 4.78 is 15.2. The Labute approximate surface area is 130 Å². The van der Waals surface area contributed by atoms with Gasteiger partial charge in [0.05, 0.1) is 13.2 Å². The number of hydrogen-bond acceptors (Lipinski definition) is 11. The number of aliphatic hydroxyl groups is 8. The van der Waals surface area contributed by atoms with Gasteiger partial charge in [0.2, 0.25) is 0 Å². The average molecular weight is 342 g/mol. The summed E-state index contributed by atoms with van der Waals surface area (Å²) in [5.74, 6) is 0. The third-order valence-corrected chi connectivity index (χ3v) is 3.96. The molecule has 2 aliphatic heterocycles. The van der Waals surface area contributed by atoms with Gasteiger partial charge in [-0.15, -0.1) is 0 Å². The third kappa shape index (κ3) is 3.65. The summed E-state index contributed by atoms with van der Waals surface area (Å²) in [6.07, 6.45) is -15.3. The molecular formula is C12H22O11. The molecule has 0 aromatic rings. The summed E-state index contributed by atoms with van der Waals surface area (Å²) in [5.41, 5.74) is 0. The monoisotopic (exact) mass is 342 g/mol. The molecule has 11 nitrogen and oxygen atoms in total. The van der Waals surface area contributed by atoms with Gasteiger partial charge in [0, 0.05) is 0 Å². The summed E-state index contributed by atoms with van der Waals surface area (Å²) in [5, 5.41) is 76.3. The molecule has 2 unspecified atom stereocenters. The molecule has 0 radical (unpaired) electrons. The Balaban J connectivity index is 2.05. The van der Waals surface area contributed by atoms with Gasteiger partial charge in [-0.25, -0.2) is 0 Å². The van der Waals surface area contributed by atoms with Gasteiger partial charge in [-0.1, -0.05) is 0 Å². The van der Waals surface area contributed by atoms with Crippen LogP contribution in [0.1, 0.15) is 0 Å². The Morgan fingerprint density at radius 2 is 1.52 bits per heavy atom. The van der Waals surface area contributed by atoms with Crippen molar-refractivity contribution in [1.82, 2.24) is 0 Å². The van der Waals surface area contributed by atoms with E-state index in [-0.39, 0.29) is 0 Å². The van der Waals surface area contributed by atoms with Crippen molar-refractivity contribution in [3.8, 4) is 0 Å². The number of aliphatic hydroxyl groups excluding tert-OH is 8. The van der Waals surface area contributed by atoms with E-state index in [2.05, 4.69) is 0 Å². The van der Waals surface area contributed by atoms with Crippen LogP contribution in [-0.2, 0) is 14.2 Å². The molecular weight excluding hydrogens is 320 g/mol. The van der Waals surface area contributed by atoms with E-state index in [1.807, 2.05) is 0 Å². The summed E-state index contributed by atoms with van der Waals surface area (Å²) in [6.45, 7) is -1.38. The predicted octanol–water partition coefficient (Wildman–Crippen LogP) is -5.40. The molecule has 0 spiro atoms. The molecule has 0 aromatic carbocycles. The Morgan fingerprint density at radius 1 is 0.870 bits per heavy atom. The molecule has 0 aliphatic carbocycles. The van der Waals surface area contributed by atoms with Crippen molar-refractivity contribution in [3.05, 3.63) is 0 Å². The summed E-state index contributed by atoms with van der Waals surface area (Å²) in [6, 6.07) is 0. The predicted molar refractivity (Wildman–Crippen MR) is 68.6 cm³/mol. The molecule has 8 N–H and O–H groups in total. The quantitative estimate of drug-likeness (QED) is 0.238. The van der Waals surface area contributed by atoms with E-state index in [4.69, 9.17) is 24.4 Å².